The highest BCUT2D eigenvalue weighted by Crippen LogP contribution is 2.21. The highest BCUT2D eigenvalue weighted by molar-refractivity contribution is 5.39. The van der Waals surface area contributed by atoms with Crippen LogP contribution in [0.1, 0.15) is 25.5 Å². The highest BCUT2D eigenvalue weighted by Gasteiger charge is 2.20. The molecule has 0 amide bonds. The maximum atomic E-state index is 4.37. The first-order chi connectivity index (χ1) is 8.29. The standard InChI is InChI=1S/C13H22N4/c1-3-14-8-12-5-4-6-17(9-12)13-7-11(2)15-10-16-13/h7,10,12,14H,3-6,8-9H2,1-2H3. The number of hydrogen-bond acceptors (Lipinski definition) is 4. The third kappa shape index (κ3) is 3.40. The Morgan fingerprint density at radius 2 is 2.35 bits per heavy atom. The molecule has 0 saturated carbocycles. The largest absolute Gasteiger partial charge is 0.356 e. The fourth-order valence-corrected chi connectivity index (χ4v) is 2.40. The molecule has 1 fully saturated rings. The lowest BCUT2D eigenvalue weighted by Gasteiger charge is -2.33. The Balaban J connectivity index is 1.97. The number of aryl methyl sites for hydroxylation is 1. The zero-order valence-electron chi connectivity index (χ0n) is 10.8. The molecule has 1 aromatic rings. The van der Waals surface area contributed by atoms with E-state index in [1.807, 2.05) is 6.92 Å². The first kappa shape index (κ1) is 12.3. The Bertz CT molecular complexity index is 353. The fourth-order valence-electron chi connectivity index (χ4n) is 2.40. The summed E-state index contributed by atoms with van der Waals surface area (Å²) in [5.74, 6) is 1.83. The molecule has 1 saturated heterocycles. The molecule has 1 aromatic heterocycles. The molecule has 4 heteroatoms. The maximum absolute atomic E-state index is 4.37. The van der Waals surface area contributed by atoms with Gasteiger partial charge in [-0.15, -0.1) is 0 Å². The van der Waals surface area contributed by atoms with Crippen LogP contribution < -0.4 is 10.2 Å². The number of nitrogens with zero attached hydrogens (tertiary/aromatic N) is 3. The summed E-state index contributed by atoms with van der Waals surface area (Å²) in [5, 5.41) is 3.44. The van der Waals surface area contributed by atoms with E-state index in [9.17, 15) is 0 Å². The molecule has 1 N–H and O–H groups in total. The molecule has 0 spiro atoms. The van der Waals surface area contributed by atoms with E-state index in [1.54, 1.807) is 6.33 Å². The van der Waals surface area contributed by atoms with Gasteiger partial charge in [0, 0.05) is 24.8 Å². The van der Waals surface area contributed by atoms with Crippen molar-refractivity contribution in [3.8, 4) is 0 Å². The van der Waals surface area contributed by atoms with Crippen molar-refractivity contribution in [1.29, 1.82) is 0 Å². The van der Waals surface area contributed by atoms with Crippen molar-refractivity contribution in [2.45, 2.75) is 26.7 Å². The second-order valence-electron chi connectivity index (χ2n) is 4.78. The van der Waals surface area contributed by atoms with Gasteiger partial charge in [0.05, 0.1) is 0 Å². The van der Waals surface area contributed by atoms with Crippen LogP contribution in [0.25, 0.3) is 0 Å². The van der Waals surface area contributed by atoms with Gasteiger partial charge in [0.15, 0.2) is 0 Å². The van der Waals surface area contributed by atoms with Crippen molar-refractivity contribution in [1.82, 2.24) is 15.3 Å². The Morgan fingerprint density at radius 1 is 1.47 bits per heavy atom. The minimum atomic E-state index is 0.749. The number of piperidine rings is 1. The van der Waals surface area contributed by atoms with E-state index >= 15 is 0 Å². The highest BCUT2D eigenvalue weighted by atomic mass is 15.2. The van der Waals surface area contributed by atoms with Crippen molar-refractivity contribution in [2.75, 3.05) is 31.1 Å². The molecule has 4 nitrogen and oxygen atoms in total. The summed E-state index contributed by atoms with van der Waals surface area (Å²) in [6, 6.07) is 2.08. The number of rotatable bonds is 4. The molecular formula is C13H22N4. The van der Waals surface area contributed by atoms with Crippen molar-refractivity contribution in [2.24, 2.45) is 5.92 Å². The molecule has 1 atom stereocenters. The van der Waals surface area contributed by atoms with Crippen molar-refractivity contribution >= 4 is 5.82 Å². The predicted molar refractivity (Wildman–Crippen MR) is 70.2 cm³/mol. The van der Waals surface area contributed by atoms with E-state index in [1.165, 1.54) is 12.8 Å². The first-order valence-corrected chi connectivity index (χ1v) is 6.54. The Kier molecular flexibility index (Phi) is 4.31. The van der Waals surface area contributed by atoms with Crippen LogP contribution in [-0.2, 0) is 0 Å². The summed E-state index contributed by atoms with van der Waals surface area (Å²) < 4.78 is 0. The lowest BCUT2D eigenvalue weighted by molar-refractivity contribution is 0.394. The van der Waals surface area contributed by atoms with Crippen LogP contribution in [0.5, 0.6) is 0 Å². The van der Waals surface area contributed by atoms with Crippen LogP contribution in [-0.4, -0.2) is 36.1 Å². The lowest BCUT2D eigenvalue weighted by Crippen LogP contribution is -2.40. The van der Waals surface area contributed by atoms with E-state index in [2.05, 4.69) is 33.2 Å². The Hall–Kier alpha value is -1.16. The van der Waals surface area contributed by atoms with Gasteiger partial charge in [-0.1, -0.05) is 6.92 Å². The molecule has 1 unspecified atom stereocenters. The van der Waals surface area contributed by atoms with E-state index in [0.717, 1.165) is 43.6 Å². The topological polar surface area (TPSA) is 41.0 Å². The van der Waals surface area contributed by atoms with Gasteiger partial charge in [-0.25, -0.2) is 9.97 Å². The van der Waals surface area contributed by atoms with Crippen LogP contribution in [0.15, 0.2) is 12.4 Å². The van der Waals surface area contributed by atoms with Crippen LogP contribution in [0.3, 0.4) is 0 Å². The smallest absolute Gasteiger partial charge is 0.132 e. The molecule has 1 aliphatic heterocycles. The number of aromatic nitrogens is 2. The lowest BCUT2D eigenvalue weighted by atomic mass is 9.98. The van der Waals surface area contributed by atoms with E-state index in [4.69, 9.17) is 0 Å². The van der Waals surface area contributed by atoms with Gasteiger partial charge in [0.25, 0.3) is 0 Å². The van der Waals surface area contributed by atoms with Crippen molar-refractivity contribution in [3.63, 3.8) is 0 Å². The minimum Gasteiger partial charge on any atom is -0.356 e. The zero-order valence-corrected chi connectivity index (χ0v) is 10.8. The Morgan fingerprint density at radius 3 is 3.12 bits per heavy atom. The number of nitrogens with one attached hydrogen (secondary N) is 1. The summed E-state index contributed by atoms with van der Waals surface area (Å²) in [7, 11) is 0. The maximum Gasteiger partial charge on any atom is 0.132 e. The van der Waals surface area contributed by atoms with Gasteiger partial charge >= 0.3 is 0 Å². The summed E-state index contributed by atoms with van der Waals surface area (Å²) in [4.78, 5) is 10.9. The summed E-state index contributed by atoms with van der Waals surface area (Å²) >= 11 is 0. The molecule has 0 radical (unpaired) electrons. The van der Waals surface area contributed by atoms with E-state index in [0.29, 0.717) is 0 Å². The minimum absolute atomic E-state index is 0.749. The predicted octanol–water partition coefficient (Wildman–Crippen LogP) is 1.61. The van der Waals surface area contributed by atoms with E-state index < -0.39 is 0 Å². The van der Waals surface area contributed by atoms with Gasteiger partial charge < -0.3 is 10.2 Å². The molecule has 0 aromatic carbocycles. The van der Waals surface area contributed by atoms with Gasteiger partial charge in [0.1, 0.15) is 12.1 Å². The summed E-state index contributed by atoms with van der Waals surface area (Å²) in [6.45, 7) is 8.60. The average molecular weight is 234 g/mol. The average Bonchev–Trinajstić information content (AvgIpc) is 2.37. The third-order valence-corrected chi connectivity index (χ3v) is 3.32. The molecule has 2 rings (SSSR count). The second-order valence-corrected chi connectivity index (χ2v) is 4.78. The third-order valence-electron chi connectivity index (χ3n) is 3.32. The summed E-state index contributed by atoms with van der Waals surface area (Å²) in [5.41, 5.74) is 1.05. The normalized spacial score (nSPS) is 20.6. The van der Waals surface area contributed by atoms with Gasteiger partial charge in [0.2, 0.25) is 0 Å². The van der Waals surface area contributed by atoms with Crippen LogP contribution in [0.4, 0.5) is 5.82 Å². The van der Waals surface area contributed by atoms with Gasteiger partial charge in [-0.3, -0.25) is 0 Å². The SMILES string of the molecule is CCNCC1CCCN(c2cc(C)ncn2)C1. The van der Waals surface area contributed by atoms with Gasteiger partial charge in [-0.05, 0) is 38.8 Å². The number of anilines is 1. The molecule has 0 bridgehead atoms. The number of hydrogen-bond donors (Lipinski definition) is 1. The molecule has 1 aliphatic rings. The molecule has 0 aliphatic carbocycles. The zero-order chi connectivity index (χ0) is 12.1. The van der Waals surface area contributed by atoms with Crippen molar-refractivity contribution < 1.29 is 0 Å². The van der Waals surface area contributed by atoms with Crippen LogP contribution in [0, 0.1) is 12.8 Å². The van der Waals surface area contributed by atoms with Gasteiger partial charge in [-0.2, -0.15) is 0 Å². The first-order valence-electron chi connectivity index (χ1n) is 6.54. The fraction of sp³-hybridized carbons (Fsp3) is 0.692. The van der Waals surface area contributed by atoms with Crippen LogP contribution in [0.2, 0.25) is 0 Å². The molecular weight excluding hydrogens is 212 g/mol. The van der Waals surface area contributed by atoms with E-state index in [-0.39, 0.29) is 0 Å². The molecule has 2 heterocycles. The van der Waals surface area contributed by atoms with Crippen LogP contribution >= 0.6 is 0 Å². The molecule has 94 valence electrons. The second kappa shape index (κ2) is 5.96. The monoisotopic (exact) mass is 234 g/mol. The quantitative estimate of drug-likeness (QED) is 0.859. The molecule has 17 heavy (non-hydrogen) atoms. The van der Waals surface area contributed by atoms with Crippen molar-refractivity contribution in [3.05, 3.63) is 18.1 Å². The Labute approximate surface area is 103 Å². The summed E-state index contributed by atoms with van der Waals surface area (Å²) in [6.07, 6.45) is 4.26.